The molecule has 92 valence electrons. The van der Waals surface area contributed by atoms with E-state index in [-0.39, 0.29) is 6.09 Å². The molecule has 0 aliphatic heterocycles. The van der Waals surface area contributed by atoms with Gasteiger partial charge in [-0.05, 0) is 47.1 Å². The summed E-state index contributed by atoms with van der Waals surface area (Å²) >= 11 is 0. The van der Waals surface area contributed by atoms with Crippen LogP contribution in [0.5, 0.6) is 0 Å². The standard InChI is InChI=1S/C13H23NO2/c1-7-8-11(10(2)3)9-14-12(15)16-13(4,5)6/h7-8H,9H2,1-6H3,(H,14,15)/b8-7-. The van der Waals surface area contributed by atoms with Crippen molar-refractivity contribution in [2.75, 3.05) is 6.54 Å². The third-order valence-corrected chi connectivity index (χ3v) is 1.83. The first-order chi connectivity index (χ1) is 7.26. The average molecular weight is 225 g/mol. The number of amides is 1. The molecule has 0 aliphatic rings. The maximum Gasteiger partial charge on any atom is 0.407 e. The highest BCUT2D eigenvalue weighted by Gasteiger charge is 2.15. The van der Waals surface area contributed by atoms with Crippen molar-refractivity contribution in [3.05, 3.63) is 23.3 Å². The van der Waals surface area contributed by atoms with Crippen LogP contribution in [0, 0.1) is 0 Å². The maximum atomic E-state index is 11.4. The lowest BCUT2D eigenvalue weighted by atomic mass is 10.1. The Bertz CT molecular complexity index is 292. The zero-order valence-corrected chi connectivity index (χ0v) is 11.2. The first kappa shape index (κ1) is 14.8. The van der Waals surface area contributed by atoms with Gasteiger partial charge in [-0.2, -0.15) is 0 Å². The summed E-state index contributed by atoms with van der Waals surface area (Å²) in [4.78, 5) is 11.4. The molecule has 0 radical (unpaired) electrons. The smallest absolute Gasteiger partial charge is 0.407 e. The second-order valence-electron chi connectivity index (χ2n) is 4.88. The largest absolute Gasteiger partial charge is 0.444 e. The van der Waals surface area contributed by atoms with Gasteiger partial charge in [-0.3, -0.25) is 0 Å². The number of carbonyl (C=O) groups excluding carboxylic acids is 1. The number of nitrogens with one attached hydrogen (secondary N) is 1. The SMILES string of the molecule is C/C=C\C(CNC(=O)OC(C)(C)C)=C(C)C. The first-order valence-electron chi connectivity index (χ1n) is 5.52. The Labute approximate surface area is 98.6 Å². The van der Waals surface area contributed by atoms with Crippen LogP contribution >= 0.6 is 0 Å². The first-order valence-corrected chi connectivity index (χ1v) is 5.52. The van der Waals surface area contributed by atoms with E-state index >= 15 is 0 Å². The Morgan fingerprint density at radius 2 is 1.88 bits per heavy atom. The predicted molar refractivity (Wildman–Crippen MR) is 67.4 cm³/mol. The predicted octanol–water partition coefficient (Wildman–Crippen LogP) is 3.42. The molecule has 0 unspecified atom stereocenters. The molecule has 3 heteroatoms. The molecule has 0 heterocycles. The minimum absolute atomic E-state index is 0.379. The van der Waals surface area contributed by atoms with Crippen molar-refractivity contribution in [3.63, 3.8) is 0 Å². The summed E-state index contributed by atoms with van der Waals surface area (Å²) < 4.78 is 5.15. The molecule has 3 nitrogen and oxygen atoms in total. The summed E-state index contributed by atoms with van der Waals surface area (Å²) in [5.41, 5.74) is 1.85. The van der Waals surface area contributed by atoms with E-state index in [1.54, 1.807) is 0 Å². The molecular formula is C13H23NO2. The Morgan fingerprint density at radius 1 is 1.31 bits per heavy atom. The molecule has 0 fully saturated rings. The van der Waals surface area contributed by atoms with E-state index in [4.69, 9.17) is 4.74 Å². The molecule has 0 aliphatic carbocycles. The third kappa shape index (κ3) is 7.10. The second-order valence-corrected chi connectivity index (χ2v) is 4.88. The van der Waals surface area contributed by atoms with Gasteiger partial charge >= 0.3 is 6.09 Å². The van der Waals surface area contributed by atoms with E-state index in [1.807, 2.05) is 53.7 Å². The molecule has 0 saturated heterocycles. The van der Waals surface area contributed by atoms with Crippen molar-refractivity contribution in [1.29, 1.82) is 0 Å². The summed E-state index contributed by atoms with van der Waals surface area (Å²) in [7, 11) is 0. The van der Waals surface area contributed by atoms with E-state index < -0.39 is 5.60 Å². The van der Waals surface area contributed by atoms with Crippen molar-refractivity contribution in [2.24, 2.45) is 0 Å². The molecule has 0 rings (SSSR count). The third-order valence-electron chi connectivity index (χ3n) is 1.83. The fourth-order valence-electron chi connectivity index (χ4n) is 1.09. The maximum absolute atomic E-state index is 11.4. The zero-order valence-electron chi connectivity index (χ0n) is 11.2. The lowest BCUT2D eigenvalue weighted by Gasteiger charge is -2.20. The van der Waals surface area contributed by atoms with Gasteiger partial charge in [-0.25, -0.2) is 4.79 Å². The van der Waals surface area contributed by atoms with E-state index in [9.17, 15) is 4.79 Å². The lowest BCUT2D eigenvalue weighted by Crippen LogP contribution is -2.33. The number of alkyl carbamates (subject to hydrolysis) is 1. The summed E-state index contributed by atoms with van der Waals surface area (Å²) in [6.07, 6.45) is 3.57. The van der Waals surface area contributed by atoms with Gasteiger partial charge in [0, 0.05) is 6.54 Å². The number of rotatable bonds is 3. The lowest BCUT2D eigenvalue weighted by molar-refractivity contribution is 0.0533. The molecule has 0 bridgehead atoms. The van der Waals surface area contributed by atoms with Crippen molar-refractivity contribution in [3.8, 4) is 0 Å². The topological polar surface area (TPSA) is 38.3 Å². The molecular weight excluding hydrogens is 202 g/mol. The highest BCUT2D eigenvalue weighted by Crippen LogP contribution is 2.08. The number of ether oxygens (including phenoxy) is 1. The fourth-order valence-corrected chi connectivity index (χ4v) is 1.09. The quantitative estimate of drug-likeness (QED) is 0.747. The molecule has 0 aromatic heterocycles. The van der Waals surface area contributed by atoms with Crippen LogP contribution in [0.1, 0.15) is 41.5 Å². The molecule has 1 amide bonds. The summed E-state index contributed by atoms with van der Waals surface area (Å²) in [6.45, 7) is 12.0. The minimum atomic E-state index is -0.449. The highest BCUT2D eigenvalue weighted by atomic mass is 16.6. The molecule has 16 heavy (non-hydrogen) atoms. The fraction of sp³-hybridized carbons (Fsp3) is 0.615. The van der Waals surface area contributed by atoms with E-state index in [0.717, 1.165) is 5.57 Å². The van der Waals surface area contributed by atoms with Crippen molar-refractivity contribution >= 4 is 6.09 Å². The van der Waals surface area contributed by atoms with Crippen LogP contribution in [0.4, 0.5) is 4.79 Å². The van der Waals surface area contributed by atoms with Gasteiger partial charge in [0.05, 0.1) is 0 Å². The van der Waals surface area contributed by atoms with Gasteiger partial charge in [-0.15, -0.1) is 0 Å². The average Bonchev–Trinajstić information content (AvgIpc) is 2.08. The molecule has 0 spiro atoms. The van der Waals surface area contributed by atoms with E-state index in [2.05, 4.69) is 5.32 Å². The van der Waals surface area contributed by atoms with Crippen LogP contribution in [-0.4, -0.2) is 18.2 Å². The van der Waals surface area contributed by atoms with Crippen LogP contribution in [0.2, 0.25) is 0 Å². The van der Waals surface area contributed by atoms with Gasteiger partial charge in [0.15, 0.2) is 0 Å². The monoisotopic (exact) mass is 225 g/mol. The summed E-state index contributed by atoms with van der Waals surface area (Å²) in [6, 6.07) is 0. The van der Waals surface area contributed by atoms with Crippen LogP contribution in [0.15, 0.2) is 23.3 Å². The van der Waals surface area contributed by atoms with Gasteiger partial charge in [0.25, 0.3) is 0 Å². The number of hydrogen-bond acceptors (Lipinski definition) is 2. The summed E-state index contributed by atoms with van der Waals surface area (Å²) in [5, 5.41) is 2.74. The normalized spacial score (nSPS) is 11.4. The van der Waals surface area contributed by atoms with Crippen LogP contribution in [0.3, 0.4) is 0 Å². The van der Waals surface area contributed by atoms with E-state index in [0.29, 0.717) is 6.54 Å². The van der Waals surface area contributed by atoms with Crippen LogP contribution < -0.4 is 5.32 Å². The molecule has 0 aromatic carbocycles. The molecule has 1 N–H and O–H groups in total. The van der Waals surface area contributed by atoms with Gasteiger partial charge < -0.3 is 10.1 Å². The number of hydrogen-bond donors (Lipinski definition) is 1. The highest BCUT2D eigenvalue weighted by molar-refractivity contribution is 5.68. The molecule has 0 saturated carbocycles. The van der Waals surface area contributed by atoms with E-state index in [1.165, 1.54) is 5.57 Å². The molecule has 0 aromatic rings. The van der Waals surface area contributed by atoms with Crippen molar-refractivity contribution in [2.45, 2.75) is 47.1 Å². The van der Waals surface area contributed by atoms with Crippen molar-refractivity contribution in [1.82, 2.24) is 5.32 Å². The van der Waals surface area contributed by atoms with Gasteiger partial charge in [0.1, 0.15) is 5.60 Å². The number of carbonyl (C=O) groups is 1. The Kier molecular flexibility index (Phi) is 5.86. The second kappa shape index (κ2) is 6.36. The zero-order chi connectivity index (χ0) is 12.8. The Balaban J connectivity index is 4.24. The van der Waals surface area contributed by atoms with Crippen molar-refractivity contribution < 1.29 is 9.53 Å². The summed E-state index contributed by atoms with van der Waals surface area (Å²) in [5.74, 6) is 0. The van der Waals surface area contributed by atoms with Crippen LogP contribution in [0.25, 0.3) is 0 Å². The molecule has 0 atom stereocenters. The Morgan fingerprint density at radius 3 is 2.25 bits per heavy atom. The van der Waals surface area contributed by atoms with Gasteiger partial charge in [-0.1, -0.05) is 17.7 Å². The Hall–Kier alpha value is -1.25. The van der Waals surface area contributed by atoms with Crippen LogP contribution in [-0.2, 0) is 4.74 Å². The van der Waals surface area contributed by atoms with Gasteiger partial charge in [0.2, 0.25) is 0 Å². The minimum Gasteiger partial charge on any atom is -0.444 e. The number of allylic oxidation sites excluding steroid dienone is 2.